The van der Waals surface area contributed by atoms with E-state index < -0.39 is 66.2 Å². The zero-order chi connectivity index (χ0) is 40.0. The van der Waals surface area contributed by atoms with Crippen LogP contribution in [0.25, 0.3) is 0 Å². The summed E-state index contributed by atoms with van der Waals surface area (Å²) in [6, 6.07) is 0. The van der Waals surface area contributed by atoms with Crippen molar-refractivity contribution in [1.29, 1.82) is 0 Å². The van der Waals surface area contributed by atoms with Gasteiger partial charge in [-0.05, 0) is 57.8 Å². The molecule has 2 fully saturated rings. The number of ether oxygens (including phenoxy) is 1. The number of hydrogen-bond acceptors (Lipinski definition) is 14. The van der Waals surface area contributed by atoms with Gasteiger partial charge in [-0.2, -0.15) is 0 Å². The van der Waals surface area contributed by atoms with E-state index in [1.54, 1.807) is 0 Å². The smallest absolute Gasteiger partial charge is 0.335 e. The Morgan fingerprint density at radius 2 is 0.963 bits per heavy atom. The average Bonchev–Trinajstić information content (AvgIpc) is 3.14. The molecule has 2 aliphatic heterocycles. The molecular formula is C33H56N6O15. The lowest BCUT2D eigenvalue weighted by atomic mass is 9.99. The number of aliphatic carboxylic acids is 1. The van der Waals surface area contributed by atoms with Crippen LogP contribution in [0, 0.1) is 0 Å². The Morgan fingerprint density at radius 1 is 0.556 bits per heavy atom. The molecular weight excluding hydrogens is 720 g/mol. The van der Waals surface area contributed by atoms with Crippen molar-refractivity contribution in [2.24, 2.45) is 0 Å². The summed E-state index contributed by atoms with van der Waals surface area (Å²) >= 11 is 0. The third kappa shape index (κ3) is 17.4. The number of rotatable bonds is 3. The molecule has 0 aromatic carbocycles. The molecule has 9 N–H and O–H groups in total. The topological polar surface area (TPSA) is 305 Å². The van der Waals surface area contributed by atoms with Gasteiger partial charge in [-0.3, -0.25) is 39.2 Å². The van der Waals surface area contributed by atoms with Gasteiger partial charge >= 0.3 is 5.97 Å². The van der Waals surface area contributed by atoms with E-state index in [-0.39, 0.29) is 83.6 Å². The van der Waals surface area contributed by atoms with Crippen molar-refractivity contribution in [3.05, 3.63) is 0 Å². The Morgan fingerprint density at radius 3 is 1.39 bits per heavy atom. The van der Waals surface area contributed by atoms with E-state index in [2.05, 4.69) is 16.0 Å². The van der Waals surface area contributed by atoms with Gasteiger partial charge in [0.25, 0.3) is 0 Å². The molecule has 21 heteroatoms. The number of hydroxylamine groups is 6. The van der Waals surface area contributed by atoms with Crippen LogP contribution in [0.4, 0.5) is 0 Å². The predicted molar refractivity (Wildman–Crippen MR) is 182 cm³/mol. The van der Waals surface area contributed by atoms with Crippen LogP contribution >= 0.6 is 0 Å². The van der Waals surface area contributed by atoms with Crippen LogP contribution < -0.4 is 16.0 Å². The fourth-order valence-corrected chi connectivity index (χ4v) is 5.43. The number of nitrogens with zero attached hydrogens (tertiary/aromatic N) is 3. The van der Waals surface area contributed by atoms with Crippen LogP contribution in [-0.4, -0.2) is 157 Å². The first-order chi connectivity index (χ1) is 25.7. The average molecular weight is 777 g/mol. The van der Waals surface area contributed by atoms with E-state index in [9.17, 15) is 64.4 Å². The Hall–Kier alpha value is -3.99. The number of carbonyl (C=O) groups excluding carboxylic acids is 6. The van der Waals surface area contributed by atoms with E-state index in [0.717, 1.165) is 5.06 Å². The summed E-state index contributed by atoms with van der Waals surface area (Å²) in [4.78, 5) is 91.3. The van der Waals surface area contributed by atoms with E-state index in [4.69, 9.17) is 9.57 Å². The lowest BCUT2D eigenvalue weighted by molar-refractivity contribution is -0.347. The number of carbonyl (C=O) groups is 7. The van der Waals surface area contributed by atoms with E-state index in [1.165, 1.54) is 0 Å². The summed E-state index contributed by atoms with van der Waals surface area (Å²) in [5, 5.41) is 69.8. The summed E-state index contributed by atoms with van der Waals surface area (Å²) in [5.74, 6) is -4.86. The molecule has 21 nitrogen and oxygen atoms in total. The summed E-state index contributed by atoms with van der Waals surface area (Å²) in [7, 11) is 0. The third-order valence-corrected chi connectivity index (χ3v) is 8.69. The summed E-state index contributed by atoms with van der Waals surface area (Å²) in [5.41, 5.74) is 0. The highest BCUT2D eigenvalue weighted by atomic mass is 16.8. The molecule has 54 heavy (non-hydrogen) atoms. The van der Waals surface area contributed by atoms with Gasteiger partial charge in [0, 0.05) is 77.8 Å². The minimum absolute atomic E-state index is 0.0263. The second-order valence-corrected chi connectivity index (χ2v) is 13.1. The zero-order valence-electron chi connectivity index (χ0n) is 30.4. The first-order valence-corrected chi connectivity index (χ1v) is 18.4. The van der Waals surface area contributed by atoms with Crippen molar-refractivity contribution in [3.63, 3.8) is 0 Å². The lowest BCUT2D eigenvalue weighted by Gasteiger charge is -2.39. The largest absolute Gasteiger partial charge is 0.479 e. The van der Waals surface area contributed by atoms with Crippen molar-refractivity contribution in [1.82, 2.24) is 31.1 Å². The predicted octanol–water partition coefficient (Wildman–Crippen LogP) is -1.71. The zero-order valence-corrected chi connectivity index (χ0v) is 30.4. The Bertz CT molecular complexity index is 1240. The maximum atomic E-state index is 13.1. The SMILES string of the molecule is O=C1CCC(=O)N(O)CCCCCNC(=O)CCC(=O)N(O)CCCCCNC(=O)CCC(=O)N(OC2OC(C(=O)O)C(O)C(O)C2O)CCCCCN1. The second kappa shape index (κ2) is 25.2. The minimum atomic E-state index is -1.98. The minimum Gasteiger partial charge on any atom is -0.479 e. The molecule has 0 spiro atoms. The second-order valence-electron chi connectivity index (χ2n) is 13.1. The number of hydrogen-bond donors (Lipinski definition) is 9. The van der Waals surface area contributed by atoms with Crippen molar-refractivity contribution < 1.29 is 74.0 Å². The number of aliphatic hydroxyl groups excluding tert-OH is 3. The maximum Gasteiger partial charge on any atom is 0.335 e. The number of carboxylic acid groups (broad SMARTS) is 1. The van der Waals surface area contributed by atoms with Gasteiger partial charge in [0.05, 0.1) is 0 Å². The molecule has 5 atom stereocenters. The van der Waals surface area contributed by atoms with Crippen molar-refractivity contribution >= 4 is 41.4 Å². The molecule has 0 aromatic rings. The van der Waals surface area contributed by atoms with Crippen molar-refractivity contribution in [3.8, 4) is 0 Å². The fourth-order valence-electron chi connectivity index (χ4n) is 5.43. The molecule has 0 aliphatic carbocycles. The summed E-state index contributed by atoms with van der Waals surface area (Å²) < 4.78 is 5.14. The molecule has 2 rings (SSSR count). The molecule has 0 saturated carbocycles. The number of carboxylic acids is 1. The third-order valence-electron chi connectivity index (χ3n) is 8.69. The monoisotopic (exact) mass is 776 g/mol. The van der Waals surface area contributed by atoms with E-state index in [1.807, 2.05) is 0 Å². The van der Waals surface area contributed by atoms with Gasteiger partial charge in [0.2, 0.25) is 41.7 Å². The number of amides is 6. The van der Waals surface area contributed by atoms with Crippen LogP contribution in [0.2, 0.25) is 0 Å². The number of aliphatic hydroxyl groups is 3. The molecule has 0 radical (unpaired) electrons. The van der Waals surface area contributed by atoms with Gasteiger partial charge in [-0.1, -0.05) is 0 Å². The first-order valence-electron chi connectivity index (χ1n) is 18.4. The molecule has 2 aliphatic rings. The van der Waals surface area contributed by atoms with Crippen LogP contribution in [-0.2, 0) is 43.1 Å². The lowest BCUT2D eigenvalue weighted by Crippen LogP contribution is -2.61. The van der Waals surface area contributed by atoms with Crippen molar-refractivity contribution in [2.45, 2.75) is 127 Å². The molecule has 6 amide bonds. The van der Waals surface area contributed by atoms with Crippen LogP contribution in [0.15, 0.2) is 0 Å². The molecule has 2 heterocycles. The summed E-state index contributed by atoms with van der Waals surface area (Å²) in [6.07, 6.45) is -6.79. The van der Waals surface area contributed by atoms with Gasteiger partial charge in [0.1, 0.15) is 18.3 Å². The van der Waals surface area contributed by atoms with Gasteiger partial charge in [-0.15, -0.1) is 0 Å². The highest BCUT2D eigenvalue weighted by molar-refractivity contribution is 5.84. The first kappa shape index (κ1) is 46.2. The quantitative estimate of drug-likeness (QED) is 0.144. The van der Waals surface area contributed by atoms with Crippen LogP contribution in [0.3, 0.4) is 0 Å². The van der Waals surface area contributed by atoms with Crippen LogP contribution in [0.5, 0.6) is 0 Å². The molecule has 308 valence electrons. The highest BCUT2D eigenvalue weighted by Crippen LogP contribution is 2.24. The molecule has 0 aromatic heterocycles. The van der Waals surface area contributed by atoms with Gasteiger partial charge < -0.3 is 41.1 Å². The van der Waals surface area contributed by atoms with E-state index in [0.29, 0.717) is 68.0 Å². The van der Waals surface area contributed by atoms with Crippen molar-refractivity contribution in [2.75, 3.05) is 39.3 Å². The van der Waals surface area contributed by atoms with E-state index >= 15 is 0 Å². The number of nitrogens with one attached hydrogen (secondary N) is 3. The Kier molecular flexibility index (Phi) is 21.5. The molecule has 2 saturated heterocycles. The maximum absolute atomic E-state index is 13.1. The normalized spacial score (nSPS) is 27.8. The Labute approximate surface area is 312 Å². The van der Waals surface area contributed by atoms with Crippen LogP contribution in [0.1, 0.15) is 96.3 Å². The standard InChI is InChI=1S/C33H56N6O15/c40-22-10-13-25(43)38(52)20-8-2-5-17-36-24(42)12-15-27(45)39(54-33-30(48)28(46)29(47)31(53-33)32(49)50)21-9-3-6-18-35-23(41)11-14-26(44)37(51)19-7-1-4-16-34-22/h28-31,33,46-48,51-52H,1-21H2,(H,34,40)(H,35,41)(H,36,42)(H,49,50). The molecule has 5 unspecified atom stereocenters. The van der Waals surface area contributed by atoms with Gasteiger partial charge in [-0.25, -0.2) is 24.8 Å². The Balaban J connectivity index is 1.99. The molecule has 0 bridgehead atoms. The summed E-state index contributed by atoms with van der Waals surface area (Å²) in [6.45, 7) is 0.759. The highest BCUT2D eigenvalue weighted by Gasteiger charge is 2.48. The fraction of sp³-hybridized carbons (Fsp3) is 0.788. The van der Waals surface area contributed by atoms with Gasteiger partial charge in [0.15, 0.2) is 6.10 Å².